The molecule has 1 aliphatic rings. The van der Waals surface area contributed by atoms with Crippen LogP contribution in [0.5, 0.6) is 11.5 Å². The maximum Gasteiger partial charge on any atom is 0.320 e. The minimum absolute atomic E-state index is 0.199. The van der Waals surface area contributed by atoms with Crippen LogP contribution in [0.3, 0.4) is 0 Å². The van der Waals surface area contributed by atoms with Gasteiger partial charge in [0, 0.05) is 6.21 Å². The molecule has 0 unspecified atom stereocenters. The molecule has 0 bridgehead atoms. The molecule has 1 heterocycles. The third-order valence-corrected chi connectivity index (χ3v) is 3.09. The lowest BCUT2D eigenvalue weighted by atomic mass is 10.2. The predicted octanol–water partition coefficient (Wildman–Crippen LogP) is 1.06. The van der Waals surface area contributed by atoms with Gasteiger partial charge in [-0.25, -0.2) is 4.21 Å². The number of hydrogen-bond donors (Lipinski definition) is 0. The van der Waals surface area contributed by atoms with Crippen LogP contribution in [0.2, 0.25) is 0 Å². The fourth-order valence-corrected chi connectivity index (χ4v) is 2.05. The van der Waals surface area contributed by atoms with Gasteiger partial charge in [0.15, 0.2) is 22.5 Å². The Morgan fingerprint density at radius 2 is 2.26 bits per heavy atom. The zero-order chi connectivity index (χ0) is 13.7. The molecule has 2 rings (SSSR count). The van der Waals surface area contributed by atoms with E-state index in [4.69, 9.17) is 9.47 Å². The molecular formula is C12H13NO5S. The largest absolute Gasteiger partial charge is 0.465 e. The number of nitrogens with zero attached hydrogens (tertiary/aromatic N) is 1. The molecule has 0 radical (unpaired) electrons. The monoisotopic (exact) mass is 283 g/mol. The van der Waals surface area contributed by atoms with Gasteiger partial charge in [-0.1, -0.05) is 0 Å². The topological polar surface area (TPSA) is 74.2 Å². The van der Waals surface area contributed by atoms with Crippen molar-refractivity contribution in [1.29, 1.82) is 0 Å². The molecule has 1 aliphatic heterocycles. The van der Waals surface area contributed by atoms with Crippen LogP contribution in [0, 0.1) is 0 Å². The molecule has 1 aromatic rings. The predicted molar refractivity (Wildman–Crippen MR) is 69.8 cm³/mol. The highest BCUT2D eigenvalue weighted by Gasteiger charge is 2.12. The van der Waals surface area contributed by atoms with Gasteiger partial charge in [-0.3, -0.25) is 4.79 Å². The molecular weight excluding hydrogens is 270 g/mol. The standard InChI is InChI=1S/C12H13NO5S/c1-2-16-12(14)7-19(15)13-6-9-3-4-10-11(5-9)18-8-17-10/h3-6H,2,7-8H2,1H3/b13-6+/t19-/m0/s1. The SMILES string of the molecule is CCOC(=O)C[S@](=O)/N=C/c1ccc2c(c1)OCO2. The number of rotatable bonds is 5. The van der Waals surface area contributed by atoms with E-state index < -0.39 is 17.0 Å². The lowest BCUT2D eigenvalue weighted by Gasteiger charge is -1.99. The van der Waals surface area contributed by atoms with E-state index >= 15 is 0 Å². The van der Waals surface area contributed by atoms with Crippen LogP contribution in [0.1, 0.15) is 12.5 Å². The van der Waals surface area contributed by atoms with Crippen molar-refractivity contribution < 1.29 is 23.2 Å². The number of carbonyl (C=O) groups excluding carboxylic acids is 1. The summed E-state index contributed by atoms with van der Waals surface area (Å²) in [6, 6.07) is 5.24. The first-order valence-corrected chi connectivity index (χ1v) is 6.94. The van der Waals surface area contributed by atoms with Gasteiger partial charge in [0.05, 0.1) is 6.61 Å². The van der Waals surface area contributed by atoms with Crippen LogP contribution in [0.15, 0.2) is 22.6 Å². The summed E-state index contributed by atoms with van der Waals surface area (Å²) in [6.45, 7) is 2.16. The van der Waals surface area contributed by atoms with Crippen molar-refractivity contribution in [3.8, 4) is 11.5 Å². The maximum absolute atomic E-state index is 11.5. The van der Waals surface area contributed by atoms with E-state index in [1.165, 1.54) is 6.21 Å². The molecule has 1 aromatic carbocycles. The number of carbonyl (C=O) groups is 1. The lowest BCUT2D eigenvalue weighted by molar-refractivity contribution is -0.139. The average Bonchev–Trinajstić information content (AvgIpc) is 2.83. The fraction of sp³-hybridized carbons (Fsp3) is 0.333. The van der Waals surface area contributed by atoms with Crippen LogP contribution < -0.4 is 9.47 Å². The van der Waals surface area contributed by atoms with Gasteiger partial charge in [-0.15, -0.1) is 0 Å². The van der Waals surface area contributed by atoms with Crippen LogP contribution in [-0.4, -0.2) is 35.5 Å². The quantitative estimate of drug-likeness (QED) is 0.596. The van der Waals surface area contributed by atoms with Gasteiger partial charge < -0.3 is 14.2 Å². The molecule has 0 N–H and O–H groups in total. The highest BCUT2D eigenvalue weighted by molar-refractivity contribution is 7.84. The minimum Gasteiger partial charge on any atom is -0.465 e. The van der Waals surface area contributed by atoms with Crippen molar-refractivity contribution in [1.82, 2.24) is 0 Å². The molecule has 0 fully saturated rings. The summed E-state index contributed by atoms with van der Waals surface area (Å²) in [6.07, 6.45) is 1.43. The third-order valence-electron chi connectivity index (χ3n) is 2.26. The van der Waals surface area contributed by atoms with Gasteiger partial charge >= 0.3 is 5.97 Å². The summed E-state index contributed by atoms with van der Waals surface area (Å²) in [7, 11) is -1.63. The second-order valence-corrected chi connectivity index (χ2v) is 4.76. The normalized spacial score (nSPS) is 14.6. The van der Waals surface area contributed by atoms with E-state index in [1.807, 2.05) is 0 Å². The Balaban J connectivity index is 1.95. The van der Waals surface area contributed by atoms with Crippen molar-refractivity contribution in [2.75, 3.05) is 19.2 Å². The average molecular weight is 283 g/mol. The summed E-state index contributed by atoms with van der Waals surface area (Å²) in [4.78, 5) is 11.1. The second kappa shape index (κ2) is 6.33. The van der Waals surface area contributed by atoms with Crippen molar-refractivity contribution >= 4 is 23.2 Å². The second-order valence-electron chi connectivity index (χ2n) is 3.62. The first-order chi connectivity index (χ1) is 9.19. The van der Waals surface area contributed by atoms with E-state index in [0.717, 1.165) is 5.56 Å². The summed E-state index contributed by atoms with van der Waals surface area (Å²) in [5.74, 6) is 0.531. The van der Waals surface area contributed by atoms with E-state index in [1.54, 1.807) is 25.1 Å². The Morgan fingerprint density at radius 3 is 3.05 bits per heavy atom. The zero-order valence-corrected chi connectivity index (χ0v) is 11.1. The van der Waals surface area contributed by atoms with E-state index in [0.29, 0.717) is 11.5 Å². The maximum atomic E-state index is 11.5. The fourth-order valence-electron chi connectivity index (χ4n) is 1.45. The molecule has 1 atom stereocenters. The van der Waals surface area contributed by atoms with Gasteiger partial charge in [-0.05, 0) is 30.7 Å². The van der Waals surface area contributed by atoms with Crippen LogP contribution >= 0.6 is 0 Å². The number of benzene rings is 1. The molecule has 19 heavy (non-hydrogen) atoms. The van der Waals surface area contributed by atoms with Gasteiger partial charge in [0.25, 0.3) is 0 Å². The molecule has 0 saturated heterocycles. The van der Waals surface area contributed by atoms with Crippen molar-refractivity contribution in [2.45, 2.75) is 6.92 Å². The smallest absolute Gasteiger partial charge is 0.320 e. The number of ether oxygens (including phenoxy) is 3. The number of esters is 1. The summed E-state index contributed by atoms with van der Waals surface area (Å²) < 4.78 is 30.3. The summed E-state index contributed by atoms with van der Waals surface area (Å²) in [5, 5.41) is 0. The number of fused-ring (bicyclic) bond motifs is 1. The van der Waals surface area contributed by atoms with Gasteiger partial charge in [-0.2, -0.15) is 4.40 Å². The Morgan fingerprint density at radius 1 is 1.47 bits per heavy atom. The van der Waals surface area contributed by atoms with E-state index in [2.05, 4.69) is 9.13 Å². The zero-order valence-electron chi connectivity index (χ0n) is 10.3. The summed E-state index contributed by atoms with van der Waals surface area (Å²) >= 11 is 0. The van der Waals surface area contributed by atoms with Crippen molar-refractivity contribution in [3.05, 3.63) is 23.8 Å². The Hall–Kier alpha value is -1.89. The van der Waals surface area contributed by atoms with Gasteiger partial charge in [0.1, 0.15) is 5.75 Å². The molecule has 6 nitrogen and oxygen atoms in total. The first kappa shape index (κ1) is 13.5. The van der Waals surface area contributed by atoms with Crippen LogP contribution in [0.25, 0.3) is 0 Å². The van der Waals surface area contributed by atoms with Gasteiger partial charge in [0.2, 0.25) is 6.79 Å². The Bertz CT molecular complexity index is 529. The van der Waals surface area contributed by atoms with Crippen molar-refractivity contribution in [2.24, 2.45) is 4.40 Å². The third kappa shape index (κ3) is 3.78. The van der Waals surface area contributed by atoms with Crippen LogP contribution in [-0.2, 0) is 20.5 Å². The molecule has 0 saturated carbocycles. The highest BCUT2D eigenvalue weighted by Crippen LogP contribution is 2.31. The molecule has 0 aliphatic carbocycles. The Labute approximate surface area is 113 Å². The molecule has 0 amide bonds. The minimum atomic E-state index is -1.63. The lowest BCUT2D eigenvalue weighted by Crippen LogP contribution is -2.12. The summed E-state index contributed by atoms with van der Waals surface area (Å²) in [5.41, 5.74) is 0.724. The molecule has 7 heteroatoms. The van der Waals surface area contributed by atoms with E-state index in [-0.39, 0.29) is 19.2 Å². The molecule has 0 spiro atoms. The highest BCUT2D eigenvalue weighted by atomic mass is 32.2. The first-order valence-electron chi connectivity index (χ1n) is 5.67. The molecule has 0 aromatic heterocycles. The van der Waals surface area contributed by atoms with Crippen molar-refractivity contribution in [3.63, 3.8) is 0 Å². The number of hydrogen-bond acceptors (Lipinski definition) is 5. The molecule has 102 valence electrons. The van der Waals surface area contributed by atoms with E-state index in [9.17, 15) is 9.00 Å². The Kier molecular flexibility index (Phi) is 4.51. The van der Waals surface area contributed by atoms with Crippen LogP contribution in [0.4, 0.5) is 0 Å².